The van der Waals surface area contributed by atoms with Crippen molar-refractivity contribution in [3.63, 3.8) is 0 Å². The average Bonchev–Trinajstić information content (AvgIpc) is 2.75. The van der Waals surface area contributed by atoms with Crippen molar-refractivity contribution in [3.8, 4) is 0 Å². The highest BCUT2D eigenvalue weighted by molar-refractivity contribution is 5.79. The molecule has 2 heterocycles. The number of likely N-dealkylation sites (tertiary alicyclic amines) is 1. The molecule has 0 aromatic heterocycles. The maximum atomic E-state index is 12.4. The number of nitrogens with two attached hydrogens (primary N) is 1. The molecule has 0 spiro atoms. The van der Waals surface area contributed by atoms with Gasteiger partial charge in [-0.1, -0.05) is 6.92 Å². The zero-order valence-corrected chi connectivity index (χ0v) is 13.1. The van der Waals surface area contributed by atoms with Crippen molar-refractivity contribution < 1.29 is 9.59 Å². The number of hydrogen-bond donors (Lipinski definition) is 1. The van der Waals surface area contributed by atoms with E-state index in [1.165, 1.54) is 0 Å². The molecule has 0 aromatic rings. The number of carbonyl (C=O) groups excluding carboxylic acids is 2. The Morgan fingerprint density at radius 2 is 1.52 bits per heavy atom. The number of rotatable bonds is 3. The molecule has 6 nitrogen and oxygen atoms in total. The SMILES string of the molecule is CCC(=O)N1CCCN(C(=O)CN2CCC(N)CC2)CC1. The Kier molecular flexibility index (Phi) is 5.99. The molecule has 2 amide bonds. The second-order valence-corrected chi connectivity index (χ2v) is 6.08. The van der Waals surface area contributed by atoms with Gasteiger partial charge >= 0.3 is 0 Å². The van der Waals surface area contributed by atoms with Gasteiger partial charge in [0, 0.05) is 51.7 Å². The minimum absolute atomic E-state index is 0.189. The molecule has 0 radical (unpaired) electrons. The summed E-state index contributed by atoms with van der Waals surface area (Å²) in [5, 5.41) is 0. The largest absolute Gasteiger partial charge is 0.341 e. The van der Waals surface area contributed by atoms with Crippen molar-refractivity contribution >= 4 is 11.8 Å². The normalized spacial score (nSPS) is 22.2. The van der Waals surface area contributed by atoms with E-state index in [4.69, 9.17) is 5.73 Å². The van der Waals surface area contributed by atoms with Crippen LogP contribution < -0.4 is 5.73 Å². The lowest BCUT2D eigenvalue weighted by Crippen LogP contribution is -2.46. The minimum atomic E-state index is 0.189. The highest BCUT2D eigenvalue weighted by atomic mass is 16.2. The van der Waals surface area contributed by atoms with Gasteiger partial charge in [0.2, 0.25) is 11.8 Å². The number of amides is 2. The molecule has 2 aliphatic rings. The van der Waals surface area contributed by atoms with Crippen LogP contribution in [0.4, 0.5) is 0 Å². The Hall–Kier alpha value is -1.14. The Morgan fingerprint density at radius 3 is 2.10 bits per heavy atom. The van der Waals surface area contributed by atoms with Crippen LogP contribution in [0.5, 0.6) is 0 Å². The zero-order valence-electron chi connectivity index (χ0n) is 13.1. The molecule has 2 aliphatic heterocycles. The summed E-state index contributed by atoms with van der Waals surface area (Å²) in [4.78, 5) is 30.1. The van der Waals surface area contributed by atoms with Gasteiger partial charge in [0.1, 0.15) is 0 Å². The van der Waals surface area contributed by atoms with Crippen LogP contribution in [0.2, 0.25) is 0 Å². The molecule has 2 N–H and O–H groups in total. The van der Waals surface area contributed by atoms with E-state index in [2.05, 4.69) is 4.90 Å². The topological polar surface area (TPSA) is 69.9 Å². The van der Waals surface area contributed by atoms with E-state index >= 15 is 0 Å². The lowest BCUT2D eigenvalue weighted by atomic mass is 10.1. The van der Waals surface area contributed by atoms with Crippen LogP contribution >= 0.6 is 0 Å². The van der Waals surface area contributed by atoms with E-state index in [0.29, 0.717) is 32.1 Å². The quantitative estimate of drug-likeness (QED) is 0.788. The molecule has 0 aliphatic carbocycles. The summed E-state index contributed by atoms with van der Waals surface area (Å²) in [6, 6.07) is 0.295. The molecule has 2 saturated heterocycles. The monoisotopic (exact) mass is 296 g/mol. The number of hydrogen-bond acceptors (Lipinski definition) is 4. The van der Waals surface area contributed by atoms with Crippen molar-refractivity contribution in [2.24, 2.45) is 5.73 Å². The van der Waals surface area contributed by atoms with Crippen LogP contribution in [0.3, 0.4) is 0 Å². The van der Waals surface area contributed by atoms with E-state index in [-0.39, 0.29) is 11.8 Å². The fourth-order valence-electron chi connectivity index (χ4n) is 3.04. The smallest absolute Gasteiger partial charge is 0.236 e. The van der Waals surface area contributed by atoms with Crippen molar-refractivity contribution in [2.75, 3.05) is 45.8 Å². The van der Waals surface area contributed by atoms with Crippen LogP contribution in [0.15, 0.2) is 0 Å². The summed E-state index contributed by atoms with van der Waals surface area (Å²) in [6.45, 7) is 7.09. The van der Waals surface area contributed by atoms with E-state index < -0.39 is 0 Å². The Bertz CT molecular complexity index is 367. The van der Waals surface area contributed by atoms with Crippen molar-refractivity contribution in [2.45, 2.75) is 38.6 Å². The molecular weight excluding hydrogens is 268 g/mol. The molecule has 0 unspecified atom stereocenters. The van der Waals surface area contributed by atoms with Gasteiger partial charge in [-0.25, -0.2) is 0 Å². The lowest BCUT2D eigenvalue weighted by molar-refractivity contribution is -0.134. The highest BCUT2D eigenvalue weighted by Gasteiger charge is 2.24. The summed E-state index contributed by atoms with van der Waals surface area (Å²) < 4.78 is 0. The Morgan fingerprint density at radius 1 is 0.952 bits per heavy atom. The second-order valence-electron chi connectivity index (χ2n) is 6.08. The van der Waals surface area contributed by atoms with Crippen molar-refractivity contribution in [1.82, 2.24) is 14.7 Å². The van der Waals surface area contributed by atoms with Crippen molar-refractivity contribution in [3.05, 3.63) is 0 Å². The summed E-state index contributed by atoms with van der Waals surface area (Å²) in [6.07, 6.45) is 3.38. The summed E-state index contributed by atoms with van der Waals surface area (Å²) in [7, 11) is 0. The lowest BCUT2D eigenvalue weighted by Gasteiger charge is -2.31. The first-order valence-electron chi connectivity index (χ1n) is 8.13. The predicted molar refractivity (Wildman–Crippen MR) is 81.7 cm³/mol. The van der Waals surface area contributed by atoms with E-state index in [9.17, 15) is 9.59 Å². The molecule has 0 aromatic carbocycles. The van der Waals surface area contributed by atoms with Crippen LogP contribution in [-0.4, -0.2) is 78.4 Å². The van der Waals surface area contributed by atoms with E-state index in [1.807, 2.05) is 16.7 Å². The third-order valence-electron chi connectivity index (χ3n) is 4.49. The first kappa shape index (κ1) is 16.2. The van der Waals surface area contributed by atoms with Gasteiger partial charge in [-0.05, 0) is 19.3 Å². The summed E-state index contributed by atoms with van der Waals surface area (Å²) >= 11 is 0. The molecule has 21 heavy (non-hydrogen) atoms. The number of nitrogens with zero attached hydrogens (tertiary/aromatic N) is 3. The van der Waals surface area contributed by atoms with Crippen molar-refractivity contribution in [1.29, 1.82) is 0 Å². The van der Waals surface area contributed by atoms with Crippen LogP contribution in [0.25, 0.3) is 0 Å². The van der Waals surface area contributed by atoms with Gasteiger partial charge in [0.15, 0.2) is 0 Å². The molecule has 2 fully saturated rings. The van der Waals surface area contributed by atoms with Crippen LogP contribution in [0, 0.1) is 0 Å². The first-order chi connectivity index (χ1) is 10.1. The third-order valence-corrected chi connectivity index (χ3v) is 4.49. The first-order valence-corrected chi connectivity index (χ1v) is 8.13. The standard InChI is InChI=1S/C15H28N4O2/c1-2-14(20)18-6-3-7-19(11-10-18)15(21)12-17-8-4-13(16)5-9-17/h13H,2-12,16H2,1H3. The molecular formula is C15H28N4O2. The molecule has 0 atom stereocenters. The molecule has 6 heteroatoms. The average molecular weight is 296 g/mol. The summed E-state index contributed by atoms with van der Waals surface area (Å²) in [5.74, 6) is 0.380. The van der Waals surface area contributed by atoms with Gasteiger partial charge < -0.3 is 15.5 Å². The van der Waals surface area contributed by atoms with Gasteiger partial charge in [-0.2, -0.15) is 0 Å². The second kappa shape index (κ2) is 7.75. The Labute approximate surface area is 127 Å². The molecule has 0 saturated carbocycles. The van der Waals surface area contributed by atoms with Crippen LogP contribution in [-0.2, 0) is 9.59 Å². The fourth-order valence-corrected chi connectivity index (χ4v) is 3.04. The third kappa shape index (κ3) is 4.68. The molecule has 120 valence electrons. The highest BCUT2D eigenvalue weighted by Crippen LogP contribution is 2.10. The summed E-state index contributed by atoms with van der Waals surface area (Å²) in [5.41, 5.74) is 5.89. The maximum absolute atomic E-state index is 12.4. The van der Waals surface area contributed by atoms with Gasteiger partial charge in [-0.3, -0.25) is 14.5 Å². The zero-order chi connectivity index (χ0) is 15.2. The van der Waals surface area contributed by atoms with E-state index in [1.54, 1.807) is 0 Å². The van der Waals surface area contributed by atoms with Gasteiger partial charge in [-0.15, -0.1) is 0 Å². The minimum Gasteiger partial charge on any atom is -0.341 e. The molecule has 0 bridgehead atoms. The maximum Gasteiger partial charge on any atom is 0.236 e. The predicted octanol–water partition coefficient (Wildman–Crippen LogP) is -0.120. The number of piperidine rings is 1. The van der Waals surface area contributed by atoms with E-state index in [0.717, 1.165) is 45.4 Å². The fraction of sp³-hybridized carbons (Fsp3) is 0.867. The Balaban J connectivity index is 1.79. The molecule has 2 rings (SSSR count). The van der Waals surface area contributed by atoms with Gasteiger partial charge in [0.25, 0.3) is 0 Å². The van der Waals surface area contributed by atoms with Crippen LogP contribution in [0.1, 0.15) is 32.6 Å². The number of carbonyl (C=O) groups is 2. The van der Waals surface area contributed by atoms with Gasteiger partial charge in [0.05, 0.1) is 6.54 Å².